The van der Waals surface area contributed by atoms with Crippen LogP contribution in [0.2, 0.25) is 0 Å². The molecule has 0 fully saturated rings. The van der Waals surface area contributed by atoms with Crippen LogP contribution < -0.4 is 0 Å². The largest absolute Gasteiger partial charge is 0.265 e. The smallest absolute Gasteiger partial charge is 0.179 e. The summed E-state index contributed by atoms with van der Waals surface area (Å²) in [4.78, 5) is 10.2. The highest BCUT2D eigenvalue weighted by molar-refractivity contribution is 7.26. The van der Waals surface area contributed by atoms with Crippen LogP contribution >= 0.6 is 22.9 Å². The van der Waals surface area contributed by atoms with Gasteiger partial charge in [-0.2, -0.15) is 0 Å². The number of hydrogen-bond acceptors (Lipinski definition) is 6. The number of aromatic nitrogens is 4. The maximum Gasteiger partial charge on any atom is 0.179 e. The van der Waals surface area contributed by atoms with E-state index in [1.165, 1.54) is 11.5 Å². The van der Waals surface area contributed by atoms with Gasteiger partial charge in [0.25, 0.3) is 0 Å². The average Bonchev–Trinajstić information content (AvgIpc) is 2.78. The molecule has 0 saturated heterocycles. The highest BCUT2D eigenvalue weighted by Gasteiger charge is 2.08. The van der Waals surface area contributed by atoms with Crippen molar-refractivity contribution in [1.82, 2.24) is 19.6 Å². The normalized spacial score (nSPS) is 10.9. The fourth-order valence-electron chi connectivity index (χ4n) is 1.13. The molecule has 0 aliphatic rings. The summed E-state index contributed by atoms with van der Waals surface area (Å²) in [5, 5.41) is 4.95. The zero-order chi connectivity index (χ0) is 9.38. The van der Waals surface area contributed by atoms with E-state index in [9.17, 15) is 0 Å². The van der Waals surface area contributed by atoms with Crippen LogP contribution in [0.3, 0.4) is 0 Å². The van der Waals surface area contributed by atoms with E-state index < -0.39 is 0 Å². The van der Waals surface area contributed by atoms with Gasteiger partial charge in [0.05, 0.1) is 0 Å². The van der Waals surface area contributed by atoms with E-state index in [1.54, 1.807) is 23.7 Å². The predicted octanol–water partition coefficient (Wildman–Crippen LogP) is 2.21. The fourth-order valence-corrected chi connectivity index (χ4v) is 2.72. The first-order valence-corrected chi connectivity index (χ1v) is 5.52. The molecule has 3 aromatic heterocycles. The fraction of sp³-hybridized carbons (Fsp3) is 0. The Morgan fingerprint density at radius 1 is 1.07 bits per heavy atom. The third-order valence-corrected chi connectivity index (χ3v) is 3.50. The number of nitrogens with zero attached hydrogens (tertiary/aromatic N) is 4. The molecule has 0 radical (unpaired) electrons. The third-order valence-electron chi connectivity index (χ3n) is 1.77. The molecule has 0 atom stereocenters. The Morgan fingerprint density at radius 2 is 1.93 bits per heavy atom. The van der Waals surface area contributed by atoms with Crippen molar-refractivity contribution in [3.05, 3.63) is 24.5 Å². The van der Waals surface area contributed by atoms with Crippen LogP contribution in [0.4, 0.5) is 0 Å². The Balaban J connectivity index is 2.19. The van der Waals surface area contributed by atoms with Crippen molar-refractivity contribution in [2.45, 2.75) is 0 Å². The Morgan fingerprint density at radius 3 is 2.71 bits per heavy atom. The molecule has 14 heavy (non-hydrogen) atoms. The van der Waals surface area contributed by atoms with Crippen LogP contribution in [0.5, 0.6) is 0 Å². The molecule has 0 aromatic carbocycles. The predicted molar refractivity (Wildman–Crippen MR) is 56.3 cm³/mol. The van der Waals surface area contributed by atoms with Crippen molar-refractivity contribution in [3.8, 4) is 10.6 Å². The van der Waals surface area contributed by atoms with E-state index in [1.807, 2.05) is 12.1 Å². The van der Waals surface area contributed by atoms with E-state index >= 15 is 0 Å². The molecule has 0 aliphatic carbocycles. The van der Waals surface area contributed by atoms with Crippen LogP contribution in [0.15, 0.2) is 24.5 Å². The molecular formula is C8H4N4S2. The molecule has 68 valence electrons. The molecule has 0 unspecified atom stereocenters. The molecule has 0 N–H and O–H groups in total. The maximum absolute atomic E-state index is 4.43. The topological polar surface area (TPSA) is 51.6 Å². The highest BCUT2D eigenvalue weighted by Crippen LogP contribution is 2.29. The van der Waals surface area contributed by atoms with Gasteiger partial charge in [-0.3, -0.25) is 4.98 Å². The lowest BCUT2D eigenvalue weighted by atomic mass is 10.3. The monoisotopic (exact) mass is 220 g/mol. The number of thiazole rings is 1. The van der Waals surface area contributed by atoms with Gasteiger partial charge in [-0.25, -0.2) is 4.98 Å². The Kier molecular flexibility index (Phi) is 1.74. The molecule has 0 bridgehead atoms. The summed E-state index contributed by atoms with van der Waals surface area (Å²) >= 11 is 2.88. The molecule has 6 heteroatoms. The minimum absolute atomic E-state index is 0.904. The summed E-state index contributed by atoms with van der Waals surface area (Å²) in [6.45, 7) is 0. The molecule has 0 aliphatic heterocycles. The Hall–Kier alpha value is -1.40. The van der Waals surface area contributed by atoms with Gasteiger partial charge in [-0.05, 0) is 12.1 Å². The Labute approximate surface area is 87.4 Å². The van der Waals surface area contributed by atoms with E-state index in [4.69, 9.17) is 0 Å². The van der Waals surface area contributed by atoms with Crippen LogP contribution in [-0.2, 0) is 0 Å². The number of hydrogen-bond donors (Lipinski definition) is 0. The van der Waals surface area contributed by atoms with Gasteiger partial charge in [0, 0.05) is 29.5 Å². The van der Waals surface area contributed by atoms with Crippen molar-refractivity contribution in [3.63, 3.8) is 0 Å². The first-order chi connectivity index (χ1) is 6.93. The second-order valence-corrected chi connectivity index (χ2v) is 4.35. The first-order valence-electron chi connectivity index (χ1n) is 3.93. The molecule has 0 spiro atoms. The van der Waals surface area contributed by atoms with Gasteiger partial charge in [0.2, 0.25) is 0 Å². The number of fused-ring (bicyclic) bond motifs is 1. The lowest BCUT2D eigenvalue weighted by Crippen LogP contribution is -1.75. The first kappa shape index (κ1) is 7.95. The van der Waals surface area contributed by atoms with Crippen molar-refractivity contribution >= 4 is 32.5 Å². The molecule has 3 rings (SSSR count). The quantitative estimate of drug-likeness (QED) is 0.631. The SMILES string of the molecule is c1cc(-c2nc3snnc3s2)ccn1. The summed E-state index contributed by atoms with van der Waals surface area (Å²) in [6.07, 6.45) is 3.52. The zero-order valence-electron chi connectivity index (χ0n) is 6.91. The maximum atomic E-state index is 4.43. The molecule has 3 heterocycles. The van der Waals surface area contributed by atoms with E-state index in [2.05, 4.69) is 19.6 Å². The molecular weight excluding hydrogens is 216 g/mol. The minimum Gasteiger partial charge on any atom is -0.265 e. The van der Waals surface area contributed by atoms with Gasteiger partial charge in [0.15, 0.2) is 9.66 Å². The van der Waals surface area contributed by atoms with E-state index in [0.717, 1.165) is 20.2 Å². The second kappa shape index (κ2) is 3.07. The van der Waals surface area contributed by atoms with E-state index in [0.29, 0.717) is 0 Å². The van der Waals surface area contributed by atoms with Crippen molar-refractivity contribution < 1.29 is 0 Å². The number of pyridine rings is 1. The van der Waals surface area contributed by atoms with Crippen LogP contribution in [0, 0.1) is 0 Å². The Bertz CT molecular complexity index is 528. The summed E-state index contributed by atoms with van der Waals surface area (Å²) in [7, 11) is 0. The van der Waals surface area contributed by atoms with Gasteiger partial charge >= 0.3 is 0 Å². The summed E-state index contributed by atoms with van der Waals surface area (Å²) in [6, 6.07) is 3.88. The van der Waals surface area contributed by atoms with Crippen molar-refractivity contribution in [1.29, 1.82) is 0 Å². The van der Waals surface area contributed by atoms with Crippen molar-refractivity contribution in [2.24, 2.45) is 0 Å². The summed E-state index contributed by atoms with van der Waals surface area (Å²) < 4.78 is 3.82. The van der Waals surface area contributed by atoms with Crippen molar-refractivity contribution in [2.75, 3.05) is 0 Å². The molecule has 4 nitrogen and oxygen atoms in total. The number of rotatable bonds is 1. The standard InChI is InChI=1S/C8H4N4S2/c1-3-9-4-2-5(1)6-10-7-8(13-6)11-12-14-7/h1-4H. The molecule has 0 saturated carbocycles. The van der Waals surface area contributed by atoms with Gasteiger partial charge in [-0.1, -0.05) is 15.8 Å². The zero-order valence-corrected chi connectivity index (χ0v) is 8.55. The van der Waals surface area contributed by atoms with E-state index in [-0.39, 0.29) is 0 Å². The van der Waals surface area contributed by atoms with Crippen LogP contribution in [-0.4, -0.2) is 19.6 Å². The summed E-state index contributed by atoms with van der Waals surface area (Å²) in [5.41, 5.74) is 1.08. The van der Waals surface area contributed by atoms with Crippen LogP contribution in [0.1, 0.15) is 0 Å². The van der Waals surface area contributed by atoms with Gasteiger partial charge in [-0.15, -0.1) is 5.10 Å². The summed E-state index contributed by atoms with van der Waals surface area (Å²) in [5.74, 6) is 0. The molecule has 3 aromatic rings. The highest BCUT2D eigenvalue weighted by atomic mass is 32.1. The third kappa shape index (κ3) is 1.19. The van der Waals surface area contributed by atoms with Gasteiger partial charge in [0.1, 0.15) is 5.01 Å². The average molecular weight is 220 g/mol. The molecule has 0 amide bonds. The minimum atomic E-state index is 0.904. The second-order valence-electron chi connectivity index (χ2n) is 2.64. The van der Waals surface area contributed by atoms with Crippen LogP contribution in [0.25, 0.3) is 20.2 Å². The lowest BCUT2D eigenvalue weighted by Gasteiger charge is -1.91. The lowest BCUT2D eigenvalue weighted by molar-refractivity contribution is 1.21. The van der Waals surface area contributed by atoms with Gasteiger partial charge < -0.3 is 0 Å².